The van der Waals surface area contributed by atoms with E-state index in [1.54, 1.807) is 0 Å². The third-order valence-electron chi connectivity index (χ3n) is 2.88. The van der Waals surface area contributed by atoms with Gasteiger partial charge in [-0.1, -0.05) is 39.7 Å². The van der Waals surface area contributed by atoms with Crippen LogP contribution >= 0.6 is 38.9 Å². The van der Waals surface area contributed by atoms with Crippen molar-refractivity contribution >= 4 is 44.6 Å². The van der Waals surface area contributed by atoms with E-state index in [2.05, 4.69) is 51.5 Å². The van der Waals surface area contributed by atoms with Crippen LogP contribution in [0.1, 0.15) is 10.4 Å². The minimum Gasteiger partial charge on any atom is -0.374 e. The average molecular weight is 345 g/mol. The monoisotopic (exact) mass is 343 g/mol. The van der Waals surface area contributed by atoms with E-state index in [4.69, 9.17) is 11.6 Å². The van der Waals surface area contributed by atoms with Crippen molar-refractivity contribution < 1.29 is 0 Å². The molecular formula is C14H15BrClNS. The summed E-state index contributed by atoms with van der Waals surface area (Å²) in [7, 11) is 2.12. The molecule has 18 heavy (non-hydrogen) atoms. The van der Waals surface area contributed by atoms with Gasteiger partial charge in [-0.15, -0.1) is 11.3 Å². The van der Waals surface area contributed by atoms with Gasteiger partial charge in [-0.3, -0.25) is 0 Å². The molecule has 0 aliphatic heterocycles. The second kappa shape index (κ2) is 6.60. The fraction of sp³-hybridized carbons (Fsp3) is 0.286. The van der Waals surface area contributed by atoms with Gasteiger partial charge in [0.05, 0.1) is 0 Å². The predicted molar refractivity (Wildman–Crippen MR) is 85.4 cm³/mol. The number of hydrogen-bond acceptors (Lipinski definition) is 2. The zero-order valence-electron chi connectivity index (χ0n) is 10.2. The molecule has 0 fully saturated rings. The van der Waals surface area contributed by atoms with Crippen LogP contribution in [-0.4, -0.2) is 13.6 Å². The summed E-state index contributed by atoms with van der Waals surface area (Å²) in [5.41, 5.74) is 2.48. The van der Waals surface area contributed by atoms with Gasteiger partial charge in [-0.2, -0.15) is 0 Å². The SMILES string of the molecule is CN(CCc1cccs1)c1cc(Cl)ccc1CBr. The standard InChI is InChI=1S/C14H15BrClNS/c1-17(7-6-13-3-2-8-18-13)14-9-12(16)5-4-11(14)10-15/h2-5,8-9H,6-7,10H2,1H3. The van der Waals surface area contributed by atoms with Crippen molar-refractivity contribution in [3.63, 3.8) is 0 Å². The van der Waals surface area contributed by atoms with Crippen molar-refractivity contribution in [1.29, 1.82) is 0 Å². The number of anilines is 1. The van der Waals surface area contributed by atoms with Crippen LogP contribution in [0.2, 0.25) is 5.02 Å². The average Bonchev–Trinajstić information content (AvgIpc) is 2.89. The number of thiophene rings is 1. The number of halogens is 2. The number of nitrogens with zero attached hydrogens (tertiary/aromatic N) is 1. The van der Waals surface area contributed by atoms with E-state index in [0.29, 0.717) is 0 Å². The second-order valence-corrected chi connectivity index (χ2v) is 6.19. The summed E-state index contributed by atoms with van der Waals surface area (Å²) in [6.45, 7) is 1.00. The summed E-state index contributed by atoms with van der Waals surface area (Å²) >= 11 is 11.4. The van der Waals surface area contributed by atoms with Gasteiger partial charge in [0.1, 0.15) is 0 Å². The zero-order chi connectivity index (χ0) is 13.0. The topological polar surface area (TPSA) is 3.24 Å². The second-order valence-electron chi connectivity index (χ2n) is 4.16. The van der Waals surface area contributed by atoms with Gasteiger partial charge in [0, 0.05) is 34.5 Å². The first kappa shape index (κ1) is 13.9. The molecule has 0 radical (unpaired) electrons. The van der Waals surface area contributed by atoms with E-state index in [-0.39, 0.29) is 0 Å². The number of hydrogen-bond donors (Lipinski definition) is 0. The molecule has 2 aromatic rings. The Bertz CT molecular complexity index is 499. The molecule has 2 rings (SSSR count). The minimum absolute atomic E-state index is 0.790. The van der Waals surface area contributed by atoms with Gasteiger partial charge in [-0.05, 0) is 35.6 Å². The summed E-state index contributed by atoms with van der Waals surface area (Å²) in [5, 5.41) is 3.76. The van der Waals surface area contributed by atoms with Crippen molar-refractivity contribution in [3.05, 3.63) is 51.2 Å². The van der Waals surface area contributed by atoms with Crippen molar-refractivity contribution in [2.45, 2.75) is 11.8 Å². The third-order valence-corrected chi connectivity index (χ3v) is 4.65. The lowest BCUT2D eigenvalue weighted by Crippen LogP contribution is -2.21. The molecule has 0 unspecified atom stereocenters. The number of rotatable bonds is 5. The smallest absolute Gasteiger partial charge is 0.0426 e. The number of benzene rings is 1. The minimum atomic E-state index is 0.790. The summed E-state index contributed by atoms with van der Waals surface area (Å²) in [5.74, 6) is 0. The molecule has 0 aliphatic carbocycles. The zero-order valence-corrected chi connectivity index (χ0v) is 13.4. The Labute approximate surface area is 126 Å². The Morgan fingerprint density at radius 3 is 2.83 bits per heavy atom. The highest BCUT2D eigenvalue weighted by atomic mass is 79.9. The molecule has 0 aliphatic rings. The first-order chi connectivity index (χ1) is 8.70. The van der Waals surface area contributed by atoms with Crippen LogP contribution in [0.4, 0.5) is 5.69 Å². The molecule has 1 heterocycles. The molecule has 4 heteroatoms. The van der Waals surface area contributed by atoms with E-state index in [0.717, 1.165) is 23.3 Å². The summed E-state index contributed by atoms with van der Waals surface area (Å²) in [6.07, 6.45) is 1.07. The lowest BCUT2D eigenvalue weighted by molar-refractivity contribution is 0.883. The van der Waals surface area contributed by atoms with E-state index < -0.39 is 0 Å². The molecule has 0 N–H and O–H groups in total. The number of alkyl halides is 1. The highest BCUT2D eigenvalue weighted by molar-refractivity contribution is 9.08. The molecule has 1 aromatic heterocycles. The summed E-state index contributed by atoms with van der Waals surface area (Å²) in [4.78, 5) is 3.69. The third kappa shape index (κ3) is 3.50. The Morgan fingerprint density at radius 1 is 1.33 bits per heavy atom. The van der Waals surface area contributed by atoms with Gasteiger partial charge in [-0.25, -0.2) is 0 Å². The fourth-order valence-electron chi connectivity index (χ4n) is 1.86. The van der Waals surface area contributed by atoms with Crippen LogP contribution in [0.25, 0.3) is 0 Å². The van der Waals surface area contributed by atoms with E-state index in [1.807, 2.05) is 23.5 Å². The molecule has 0 atom stereocenters. The maximum atomic E-state index is 6.08. The van der Waals surface area contributed by atoms with Crippen molar-refractivity contribution in [2.24, 2.45) is 0 Å². The first-order valence-electron chi connectivity index (χ1n) is 5.78. The highest BCUT2D eigenvalue weighted by Gasteiger charge is 2.08. The van der Waals surface area contributed by atoms with Crippen molar-refractivity contribution in [2.75, 3.05) is 18.5 Å². The van der Waals surface area contributed by atoms with Crippen LogP contribution in [0.3, 0.4) is 0 Å². The highest BCUT2D eigenvalue weighted by Crippen LogP contribution is 2.26. The summed E-state index contributed by atoms with van der Waals surface area (Å²) < 4.78 is 0. The molecule has 1 aromatic carbocycles. The molecule has 1 nitrogen and oxygen atoms in total. The Balaban J connectivity index is 2.08. The van der Waals surface area contributed by atoms with Gasteiger partial charge >= 0.3 is 0 Å². The fourth-order valence-corrected chi connectivity index (χ4v) is 3.20. The van der Waals surface area contributed by atoms with E-state index >= 15 is 0 Å². The molecule has 0 saturated carbocycles. The molecular weight excluding hydrogens is 330 g/mol. The molecule has 0 saturated heterocycles. The Hall–Kier alpha value is -0.510. The normalized spacial score (nSPS) is 10.6. The van der Waals surface area contributed by atoms with Crippen molar-refractivity contribution in [1.82, 2.24) is 0 Å². The maximum absolute atomic E-state index is 6.08. The Morgan fingerprint density at radius 2 is 2.17 bits per heavy atom. The largest absolute Gasteiger partial charge is 0.374 e. The van der Waals surface area contributed by atoms with Crippen LogP contribution in [0.5, 0.6) is 0 Å². The van der Waals surface area contributed by atoms with Crippen LogP contribution in [-0.2, 0) is 11.8 Å². The Kier molecular flexibility index (Phi) is 5.10. The molecule has 0 amide bonds. The van der Waals surface area contributed by atoms with Gasteiger partial charge in [0.15, 0.2) is 0 Å². The van der Waals surface area contributed by atoms with Gasteiger partial charge in [0.2, 0.25) is 0 Å². The van der Waals surface area contributed by atoms with E-state index in [9.17, 15) is 0 Å². The number of likely N-dealkylation sites (N-methyl/N-ethyl adjacent to an activating group) is 1. The van der Waals surface area contributed by atoms with Crippen LogP contribution < -0.4 is 4.90 Å². The van der Waals surface area contributed by atoms with Crippen LogP contribution in [0.15, 0.2) is 35.7 Å². The predicted octanol–water partition coefficient (Wildman–Crippen LogP) is 4.98. The lowest BCUT2D eigenvalue weighted by atomic mass is 10.2. The lowest BCUT2D eigenvalue weighted by Gasteiger charge is -2.22. The van der Waals surface area contributed by atoms with Crippen molar-refractivity contribution in [3.8, 4) is 0 Å². The maximum Gasteiger partial charge on any atom is 0.0426 e. The first-order valence-corrected chi connectivity index (χ1v) is 8.16. The molecule has 0 bridgehead atoms. The van der Waals surface area contributed by atoms with Crippen LogP contribution in [0, 0.1) is 0 Å². The quantitative estimate of drug-likeness (QED) is 0.692. The summed E-state index contributed by atoms with van der Waals surface area (Å²) in [6, 6.07) is 10.3. The van der Waals surface area contributed by atoms with Gasteiger partial charge < -0.3 is 4.90 Å². The van der Waals surface area contributed by atoms with E-state index in [1.165, 1.54) is 16.1 Å². The van der Waals surface area contributed by atoms with Gasteiger partial charge in [0.25, 0.3) is 0 Å². The molecule has 96 valence electrons. The molecule has 0 spiro atoms.